The molecule has 0 atom stereocenters. The first-order valence-electron chi connectivity index (χ1n) is 5.79. The highest BCUT2D eigenvalue weighted by Gasteiger charge is 2.17. The van der Waals surface area contributed by atoms with E-state index >= 15 is 0 Å². The minimum atomic E-state index is 0. The molecule has 18 heavy (non-hydrogen) atoms. The molecule has 1 heterocycles. The van der Waals surface area contributed by atoms with Gasteiger partial charge in [0.1, 0.15) is 0 Å². The zero-order chi connectivity index (χ0) is 12.9. The Bertz CT molecular complexity index is 374. The second-order valence-electron chi connectivity index (χ2n) is 5.01. The summed E-state index contributed by atoms with van der Waals surface area (Å²) in [5.41, 5.74) is 1.23. The van der Waals surface area contributed by atoms with Crippen LogP contribution in [-0.2, 0) is 16.6 Å². The zero-order valence-electron chi connectivity index (χ0n) is 11.4. The van der Waals surface area contributed by atoms with Crippen LogP contribution in [0.5, 0.6) is 0 Å². The third-order valence-corrected chi connectivity index (χ3v) is 3.23. The third-order valence-electron chi connectivity index (χ3n) is 2.32. The van der Waals surface area contributed by atoms with Gasteiger partial charge in [0.05, 0.1) is 17.2 Å². The number of carbonyl (C=O) groups is 1. The van der Waals surface area contributed by atoms with Crippen molar-refractivity contribution in [2.75, 3.05) is 20.1 Å². The molecule has 104 valence electrons. The molecule has 0 aliphatic rings. The first-order valence-corrected chi connectivity index (χ1v) is 6.67. The first kappa shape index (κ1) is 17.4. The van der Waals surface area contributed by atoms with Crippen LogP contribution < -0.4 is 10.6 Å². The minimum absolute atomic E-state index is 0. The SMILES string of the molecule is CNCC(=O)NCCc1nc(C(C)(C)C)cs1.Cl. The standard InChI is InChI=1S/C12H21N3OS.ClH/c1-12(2,3)9-8-17-11(15-9)5-6-14-10(16)7-13-4;/h8,13H,5-7H2,1-4H3,(H,14,16);1H. The van der Waals surface area contributed by atoms with Crippen molar-refractivity contribution in [2.24, 2.45) is 0 Å². The van der Waals surface area contributed by atoms with Gasteiger partial charge in [0.2, 0.25) is 5.91 Å². The van der Waals surface area contributed by atoms with Crippen molar-refractivity contribution in [3.05, 3.63) is 16.1 Å². The predicted molar refractivity (Wildman–Crippen MR) is 78.7 cm³/mol. The summed E-state index contributed by atoms with van der Waals surface area (Å²) >= 11 is 1.66. The largest absolute Gasteiger partial charge is 0.355 e. The van der Waals surface area contributed by atoms with Crippen molar-refractivity contribution < 1.29 is 4.79 Å². The summed E-state index contributed by atoms with van der Waals surface area (Å²) < 4.78 is 0. The Balaban J connectivity index is 0.00000289. The Morgan fingerprint density at radius 1 is 1.44 bits per heavy atom. The van der Waals surface area contributed by atoms with Crippen molar-refractivity contribution in [3.8, 4) is 0 Å². The maximum absolute atomic E-state index is 11.2. The summed E-state index contributed by atoms with van der Waals surface area (Å²) in [6, 6.07) is 0. The molecule has 0 saturated heterocycles. The molecule has 0 aromatic carbocycles. The molecule has 0 bridgehead atoms. The van der Waals surface area contributed by atoms with Crippen LogP contribution in [0.2, 0.25) is 0 Å². The number of aromatic nitrogens is 1. The van der Waals surface area contributed by atoms with Crippen LogP contribution >= 0.6 is 23.7 Å². The van der Waals surface area contributed by atoms with Gasteiger partial charge in [-0.15, -0.1) is 23.7 Å². The van der Waals surface area contributed by atoms with Gasteiger partial charge in [-0.05, 0) is 7.05 Å². The Kier molecular flexibility index (Phi) is 7.43. The quantitative estimate of drug-likeness (QED) is 0.869. The second-order valence-corrected chi connectivity index (χ2v) is 5.95. The van der Waals surface area contributed by atoms with E-state index in [2.05, 4.69) is 41.8 Å². The Morgan fingerprint density at radius 3 is 2.61 bits per heavy atom. The zero-order valence-corrected chi connectivity index (χ0v) is 13.0. The Morgan fingerprint density at radius 2 is 2.11 bits per heavy atom. The lowest BCUT2D eigenvalue weighted by Gasteiger charge is -2.14. The maximum atomic E-state index is 11.2. The molecule has 4 nitrogen and oxygen atoms in total. The van der Waals surface area contributed by atoms with Crippen LogP contribution in [0, 0.1) is 0 Å². The summed E-state index contributed by atoms with van der Waals surface area (Å²) in [6.07, 6.45) is 0.802. The minimum Gasteiger partial charge on any atom is -0.355 e. The van der Waals surface area contributed by atoms with Crippen LogP contribution in [-0.4, -0.2) is 31.0 Å². The van der Waals surface area contributed by atoms with Crippen LogP contribution in [0.3, 0.4) is 0 Å². The van der Waals surface area contributed by atoms with Crippen molar-refractivity contribution in [2.45, 2.75) is 32.6 Å². The van der Waals surface area contributed by atoms with Gasteiger partial charge in [0.25, 0.3) is 0 Å². The molecule has 0 aliphatic heterocycles. The number of likely N-dealkylation sites (N-methyl/N-ethyl adjacent to an activating group) is 1. The van der Waals surface area contributed by atoms with E-state index < -0.39 is 0 Å². The molecular formula is C12H22ClN3OS. The van der Waals surface area contributed by atoms with Crippen LogP contribution in [0.1, 0.15) is 31.5 Å². The second kappa shape index (κ2) is 7.71. The predicted octanol–water partition coefficient (Wildman–Crippen LogP) is 1.74. The average Bonchev–Trinajstić information content (AvgIpc) is 2.66. The number of nitrogens with zero attached hydrogens (tertiary/aromatic N) is 1. The van der Waals surface area contributed by atoms with E-state index in [1.54, 1.807) is 18.4 Å². The van der Waals surface area contributed by atoms with E-state index in [1.807, 2.05) is 0 Å². The summed E-state index contributed by atoms with van der Waals surface area (Å²) in [4.78, 5) is 15.8. The van der Waals surface area contributed by atoms with E-state index in [9.17, 15) is 4.79 Å². The third kappa shape index (κ3) is 5.80. The average molecular weight is 292 g/mol. The van der Waals surface area contributed by atoms with Crippen molar-refractivity contribution in [1.82, 2.24) is 15.6 Å². The number of carbonyl (C=O) groups excluding carboxylic acids is 1. The fourth-order valence-electron chi connectivity index (χ4n) is 1.30. The highest BCUT2D eigenvalue weighted by Crippen LogP contribution is 2.23. The number of rotatable bonds is 5. The van der Waals surface area contributed by atoms with E-state index in [1.165, 1.54) is 0 Å². The molecule has 0 saturated carbocycles. The topological polar surface area (TPSA) is 54.0 Å². The lowest BCUT2D eigenvalue weighted by Crippen LogP contribution is -2.33. The highest BCUT2D eigenvalue weighted by atomic mass is 35.5. The summed E-state index contributed by atoms with van der Waals surface area (Å²) in [6.45, 7) is 7.48. The number of hydrogen-bond acceptors (Lipinski definition) is 4. The fourth-order valence-corrected chi connectivity index (χ4v) is 2.33. The molecule has 0 spiro atoms. The van der Waals surface area contributed by atoms with Crippen molar-refractivity contribution >= 4 is 29.7 Å². The van der Waals surface area contributed by atoms with Crippen LogP contribution in [0.15, 0.2) is 5.38 Å². The lowest BCUT2D eigenvalue weighted by atomic mass is 9.93. The van der Waals surface area contributed by atoms with Gasteiger partial charge in [-0.1, -0.05) is 20.8 Å². The van der Waals surface area contributed by atoms with Crippen molar-refractivity contribution in [3.63, 3.8) is 0 Å². The molecule has 1 amide bonds. The summed E-state index contributed by atoms with van der Waals surface area (Å²) in [7, 11) is 1.76. The van der Waals surface area contributed by atoms with Gasteiger partial charge in [-0.25, -0.2) is 4.98 Å². The van der Waals surface area contributed by atoms with Gasteiger partial charge < -0.3 is 10.6 Å². The van der Waals surface area contributed by atoms with Crippen LogP contribution in [0.4, 0.5) is 0 Å². The molecule has 6 heteroatoms. The van der Waals surface area contributed by atoms with E-state index in [-0.39, 0.29) is 23.7 Å². The molecular weight excluding hydrogens is 270 g/mol. The molecule has 1 aromatic heterocycles. The number of nitrogens with one attached hydrogen (secondary N) is 2. The fraction of sp³-hybridized carbons (Fsp3) is 0.667. The number of hydrogen-bond donors (Lipinski definition) is 2. The highest BCUT2D eigenvalue weighted by molar-refractivity contribution is 7.09. The molecule has 0 radical (unpaired) electrons. The van der Waals surface area contributed by atoms with E-state index in [0.29, 0.717) is 13.1 Å². The smallest absolute Gasteiger partial charge is 0.233 e. The van der Waals surface area contributed by atoms with Crippen molar-refractivity contribution in [1.29, 1.82) is 0 Å². The number of halogens is 1. The summed E-state index contributed by atoms with van der Waals surface area (Å²) in [5.74, 6) is 0.0279. The normalized spacial score (nSPS) is 10.9. The monoisotopic (exact) mass is 291 g/mol. The first-order chi connectivity index (χ1) is 7.93. The van der Waals surface area contributed by atoms with Crippen LogP contribution in [0.25, 0.3) is 0 Å². The number of amides is 1. The Labute approximate surface area is 119 Å². The summed E-state index contributed by atoms with van der Waals surface area (Å²) in [5, 5.41) is 8.85. The van der Waals surface area contributed by atoms with Gasteiger partial charge in [0, 0.05) is 23.8 Å². The maximum Gasteiger partial charge on any atom is 0.233 e. The number of thiazole rings is 1. The lowest BCUT2D eigenvalue weighted by molar-refractivity contribution is -0.120. The van der Waals surface area contributed by atoms with Gasteiger partial charge in [-0.2, -0.15) is 0 Å². The Hall–Kier alpha value is -0.650. The van der Waals surface area contributed by atoms with Gasteiger partial charge in [0.15, 0.2) is 0 Å². The molecule has 1 rings (SSSR count). The van der Waals surface area contributed by atoms with E-state index in [0.717, 1.165) is 17.1 Å². The van der Waals surface area contributed by atoms with Gasteiger partial charge in [-0.3, -0.25) is 4.79 Å². The molecule has 1 aromatic rings. The van der Waals surface area contributed by atoms with Gasteiger partial charge >= 0.3 is 0 Å². The molecule has 2 N–H and O–H groups in total. The molecule has 0 unspecified atom stereocenters. The molecule has 0 fully saturated rings. The molecule has 0 aliphatic carbocycles. The van der Waals surface area contributed by atoms with E-state index in [4.69, 9.17) is 0 Å².